The minimum absolute atomic E-state index is 0.111. The van der Waals surface area contributed by atoms with Crippen molar-refractivity contribution in [2.75, 3.05) is 6.61 Å². The summed E-state index contributed by atoms with van der Waals surface area (Å²) in [5.41, 5.74) is 3.77. The zero-order valence-electron chi connectivity index (χ0n) is 15.2. The molecule has 4 atom stereocenters. The molecule has 4 amide bonds. The second kappa shape index (κ2) is 12.0. The van der Waals surface area contributed by atoms with E-state index in [1.165, 1.54) is 0 Å². The van der Waals surface area contributed by atoms with E-state index < -0.39 is 54.7 Å². The number of nitrogens with zero attached hydrogens (tertiary/aromatic N) is 1. The standard InChI is InChI=1S/C14H23N3O10/c1-7(20)15-25-13(11(24)5-18)14(26-16-8(2)21)12(6-19)27-17(9(3)22)10(4)23/h6,11-14,18,24H,5H2,1-4H3,(H,15,20)(H,16,21)/t11-,12-,13-,14-/m1/s1. The number of carbonyl (C=O) groups excluding carboxylic acids is 5. The normalized spacial score (nSPS) is 15.0. The van der Waals surface area contributed by atoms with Crippen LogP contribution in [-0.2, 0) is 38.5 Å². The summed E-state index contributed by atoms with van der Waals surface area (Å²) < 4.78 is 0. The van der Waals surface area contributed by atoms with Crippen LogP contribution in [0.1, 0.15) is 27.7 Å². The van der Waals surface area contributed by atoms with Crippen LogP contribution in [0.4, 0.5) is 0 Å². The number of nitrogens with one attached hydrogen (secondary N) is 2. The molecule has 0 aliphatic heterocycles. The van der Waals surface area contributed by atoms with Gasteiger partial charge < -0.3 is 15.0 Å². The maximum atomic E-state index is 11.5. The van der Waals surface area contributed by atoms with Gasteiger partial charge in [-0.1, -0.05) is 0 Å². The number of carbonyl (C=O) groups is 5. The summed E-state index contributed by atoms with van der Waals surface area (Å²) in [4.78, 5) is 71.5. The zero-order chi connectivity index (χ0) is 21.1. The molecule has 154 valence electrons. The molecule has 0 aromatic rings. The van der Waals surface area contributed by atoms with Gasteiger partial charge in [0.25, 0.3) is 0 Å². The highest BCUT2D eigenvalue weighted by Gasteiger charge is 2.40. The molecule has 0 aliphatic carbocycles. The number of amides is 4. The molecule has 0 bridgehead atoms. The number of hydroxylamine groups is 4. The van der Waals surface area contributed by atoms with Gasteiger partial charge in [-0.05, 0) is 0 Å². The van der Waals surface area contributed by atoms with Crippen molar-refractivity contribution in [2.24, 2.45) is 0 Å². The molecule has 27 heavy (non-hydrogen) atoms. The molecule has 13 heteroatoms. The lowest BCUT2D eigenvalue weighted by Crippen LogP contribution is -2.56. The quantitative estimate of drug-likeness (QED) is 0.210. The third-order valence-electron chi connectivity index (χ3n) is 2.82. The lowest BCUT2D eigenvalue weighted by Gasteiger charge is -2.33. The number of hydrogen-bond acceptors (Lipinski definition) is 10. The largest absolute Gasteiger partial charge is 0.394 e. The molecule has 0 aromatic heterocycles. The van der Waals surface area contributed by atoms with Gasteiger partial charge in [0.2, 0.25) is 23.6 Å². The first-order valence-electron chi connectivity index (χ1n) is 7.61. The van der Waals surface area contributed by atoms with Gasteiger partial charge in [0.1, 0.15) is 12.2 Å². The summed E-state index contributed by atoms with van der Waals surface area (Å²) in [6, 6.07) is 0. The number of aliphatic hydroxyl groups is 2. The van der Waals surface area contributed by atoms with Crippen LogP contribution in [0.5, 0.6) is 0 Å². The molecular weight excluding hydrogens is 370 g/mol. The lowest BCUT2D eigenvalue weighted by molar-refractivity contribution is -0.248. The van der Waals surface area contributed by atoms with E-state index in [9.17, 15) is 34.2 Å². The Morgan fingerprint density at radius 1 is 0.963 bits per heavy atom. The Morgan fingerprint density at radius 3 is 1.74 bits per heavy atom. The Balaban J connectivity index is 5.76. The fourth-order valence-corrected chi connectivity index (χ4v) is 1.75. The van der Waals surface area contributed by atoms with E-state index in [-0.39, 0.29) is 11.3 Å². The minimum Gasteiger partial charge on any atom is -0.394 e. The highest BCUT2D eigenvalue weighted by Crippen LogP contribution is 2.15. The molecule has 13 nitrogen and oxygen atoms in total. The number of imide groups is 1. The van der Waals surface area contributed by atoms with Crippen LogP contribution < -0.4 is 11.0 Å². The molecule has 4 N–H and O–H groups in total. The Hall–Kier alpha value is -2.45. The third-order valence-corrected chi connectivity index (χ3v) is 2.82. The van der Waals surface area contributed by atoms with Gasteiger partial charge in [0, 0.05) is 27.7 Å². The average Bonchev–Trinajstić information content (AvgIpc) is 2.57. The first-order valence-corrected chi connectivity index (χ1v) is 7.61. The van der Waals surface area contributed by atoms with E-state index in [0.717, 1.165) is 27.7 Å². The summed E-state index contributed by atoms with van der Waals surface area (Å²) in [5, 5.41) is 19.4. The summed E-state index contributed by atoms with van der Waals surface area (Å²) in [7, 11) is 0. The van der Waals surface area contributed by atoms with Gasteiger partial charge in [-0.2, -0.15) is 5.06 Å². The predicted octanol–water partition coefficient (Wildman–Crippen LogP) is -2.89. The molecule has 0 saturated heterocycles. The highest BCUT2D eigenvalue weighted by molar-refractivity contribution is 5.91. The number of aliphatic hydroxyl groups excluding tert-OH is 2. The van der Waals surface area contributed by atoms with Crippen molar-refractivity contribution in [2.45, 2.75) is 52.1 Å². The second-order valence-electron chi connectivity index (χ2n) is 5.27. The van der Waals surface area contributed by atoms with Crippen LogP contribution in [0, 0.1) is 0 Å². The van der Waals surface area contributed by atoms with Crippen molar-refractivity contribution in [3.63, 3.8) is 0 Å². The van der Waals surface area contributed by atoms with Crippen LogP contribution in [-0.4, -0.2) is 76.2 Å². The monoisotopic (exact) mass is 393 g/mol. The first-order chi connectivity index (χ1) is 12.5. The second-order valence-corrected chi connectivity index (χ2v) is 5.27. The molecule has 0 heterocycles. The smallest absolute Gasteiger partial charge is 0.250 e. The van der Waals surface area contributed by atoms with Gasteiger partial charge >= 0.3 is 0 Å². The Morgan fingerprint density at radius 2 is 1.41 bits per heavy atom. The van der Waals surface area contributed by atoms with E-state index in [1.807, 2.05) is 11.0 Å². The maximum Gasteiger partial charge on any atom is 0.250 e. The van der Waals surface area contributed by atoms with Crippen molar-refractivity contribution in [3.8, 4) is 0 Å². The van der Waals surface area contributed by atoms with Gasteiger partial charge in [-0.15, -0.1) is 0 Å². The molecule has 0 spiro atoms. The van der Waals surface area contributed by atoms with E-state index in [0.29, 0.717) is 0 Å². The van der Waals surface area contributed by atoms with Crippen LogP contribution in [0.25, 0.3) is 0 Å². The summed E-state index contributed by atoms with van der Waals surface area (Å²) in [6.45, 7) is 3.23. The van der Waals surface area contributed by atoms with E-state index >= 15 is 0 Å². The Labute approximate surface area is 154 Å². The summed E-state index contributed by atoms with van der Waals surface area (Å²) in [6.07, 6.45) is -6.72. The molecule has 0 aliphatic rings. The molecule has 0 radical (unpaired) electrons. The van der Waals surface area contributed by atoms with E-state index in [1.54, 1.807) is 0 Å². The zero-order valence-corrected chi connectivity index (χ0v) is 15.2. The fourth-order valence-electron chi connectivity index (χ4n) is 1.75. The van der Waals surface area contributed by atoms with E-state index in [2.05, 4.69) is 0 Å². The third kappa shape index (κ3) is 8.65. The van der Waals surface area contributed by atoms with Crippen molar-refractivity contribution in [3.05, 3.63) is 0 Å². The molecule has 0 unspecified atom stereocenters. The lowest BCUT2D eigenvalue weighted by atomic mass is 10.0. The molecule has 0 aromatic carbocycles. The van der Waals surface area contributed by atoms with Gasteiger partial charge in [0.15, 0.2) is 18.5 Å². The van der Waals surface area contributed by atoms with Crippen molar-refractivity contribution in [1.82, 2.24) is 16.0 Å². The van der Waals surface area contributed by atoms with Crippen molar-refractivity contribution in [1.29, 1.82) is 0 Å². The van der Waals surface area contributed by atoms with Crippen molar-refractivity contribution < 1.29 is 48.7 Å². The Kier molecular flexibility index (Phi) is 10.9. The Bertz CT molecular complexity index is 541. The SMILES string of the molecule is CC(=O)NO[C@@H]([C@H](ONC(C)=O)[C@@H](C=O)ON(C(C)=O)C(C)=O)[C@H](O)CO. The number of rotatable bonds is 11. The van der Waals surface area contributed by atoms with Gasteiger partial charge in [-0.25, -0.2) is 15.8 Å². The van der Waals surface area contributed by atoms with Crippen LogP contribution in [0.3, 0.4) is 0 Å². The summed E-state index contributed by atoms with van der Waals surface area (Å²) >= 11 is 0. The highest BCUT2D eigenvalue weighted by atomic mass is 16.7. The molecular formula is C14H23N3O10. The molecule has 0 fully saturated rings. The fraction of sp³-hybridized carbons (Fsp3) is 0.643. The number of hydrogen-bond donors (Lipinski definition) is 4. The molecule has 0 saturated carbocycles. The van der Waals surface area contributed by atoms with Crippen LogP contribution in [0.15, 0.2) is 0 Å². The van der Waals surface area contributed by atoms with Gasteiger partial charge in [0.05, 0.1) is 6.61 Å². The molecule has 0 rings (SSSR count). The van der Waals surface area contributed by atoms with Crippen molar-refractivity contribution >= 4 is 29.9 Å². The topological polar surface area (TPSA) is 181 Å². The number of aldehydes is 1. The predicted molar refractivity (Wildman–Crippen MR) is 84.6 cm³/mol. The van der Waals surface area contributed by atoms with E-state index in [4.69, 9.17) is 14.5 Å². The van der Waals surface area contributed by atoms with Gasteiger partial charge in [-0.3, -0.25) is 28.9 Å². The van der Waals surface area contributed by atoms with Crippen LogP contribution in [0.2, 0.25) is 0 Å². The summed E-state index contributed by atoms with van der Waals surface area (Å²) in [5.74, 6) is -3.14. The minimum atomic E-state index is -1.77. The van der Waals surface area contributed by atoms with Crippen LogP contribution >= 0.6 is 0 Å². The average molecular weight is 393 g/mol. The first kappa shape index (κ1) is 24.6. The maximum absolute atomic E-state index is 11.5.